The maximum absolute atomic E-state index is 12.3. The first kappa shape index (κ1) is 104. The van der Waals surface area contributed by atoms with Crippen molar-refractivity contribution in [1.29, 1.82) is 0 Å². The summed E-state index contributed by atoms with van der Waals surface area (Å²) in [6.07, 6.45) is -85.4. The van der Waals surface area contributed by atoms with E-state index in [1.807, 2.05) is 0 Å². The summed E-state index contributed by atoms with van der Waals surface area (Å²) in [4.78, 5) is 82.2. The first-order chi connectivity index (χ1) is 58.4. The van der Waals surface area contributed by atoms with E-state index in [0.29, 0.717) is 0 Å². The number of aliphatic carboxylic acids is 7. The molecule has 0 spiro atoms. The molecule has 0 aromatic rings. The summed E-state index contributed by atoms with van der Waals surface area (Å²) >= 11 is 6.18. The molecule has 123 heavy (non-hydrogen) atoms. The number of rotatable bonds is 36. The molecule has 30 saturated heterocycles. The molecule has 47 nitrogen and oxygen atoms in total. The molecule has 0 aliphatic carbocycles. The van der Waals surface area contributed by atoms with Crippen molar-refractivity contribution in [3.63, 3.8) is 0 Å². The zero-order valence-corrected chi connectivity index (χ0v) is 70.8. The highest BCUT2D eigenvalue weighted by molar-refractivity contribution is 8.00. The minimum Gasteiger partial charge on any atom is -0.481 e. The van der Waals surface area contributed by atoms with Crippen LogP contribution in [0.5, 0.6) is 0 Å². The molecule has 2 unspecified atom stereocenters. The Morgan fingerprint density at radius 2 is 0.293 bits per heavy atom. The Bertz CT molecular complexity index is 3160. The Balaban J connectivity index is 1.10. The smallest absolute Gasteiger partial charge is 0.304 e. The average molecular weight is 1910 g/mol. The van der Waals surface area contributed by atoms with Crippen LogP contribution in [-0.4, -0.2) is 497 Å². The second kappa shape index (κ2) is 49.8. The second-order valence-corrected chi connectivity index (χ2v) is 37.8. The van der Waals surface area contributed by atoms with E-state index in [1.165, 1.54) is 0 Å². The number of hydrogen-bond acceptors (Lipinski definition) is 47. The number of carbonyl (C=O) groups is 7. The number of thioether (sulfide) groups is 7. The van der Waals surface area contributed by atoms with E-state index in [9.17, 15) is 156 Å². The molecule has 54 heteroatoms. The molecule has 708 valence electrons. The van der Waals surface area contributed by atoms with E-state index < -0.39 is 339 Å². The Hall–Kier alpha value is -2.58. The first-order valence-corrected chi connectivity index (χ1v) is 47.0. The predicted octanol–water partition coefficient (Wildman–Crippen LogP) is -8.90. The molecule has 0 amide bonds. The van der Waals surface area contributed by atoms with E-state index in [2.05, 4.69) is 0 Å². The second-order valence-electron chi connectivity index (χ2n) is 29.7. The van der Waals surface area contributed by atoms with Crippen molar-refractivity contribution >= 4 is 124 Å². The minimum atomic E-state index is -2.33. The first-order valence-electron chi connectivity index (χ1n) is 38.9. The van der Waals surface area contributed by atoms with Crippen LogP contribution >= 0.6 is 82.3 Å². The van der Waals surface area contributed by atoms with Gasteiger partial charge in [0.2, 0.25) is 0 Å². The third kappa shape index (κ3) is 28.5. The zero-order valence-electron chi connectivity index (χ0n) is 65.1. The Morgan fingerprint density at radius 1 is 0.179 bits per heavy atom. The van der Waals surface area contributed by atoms with E-state index in [1.54, 1.807) is 0 Å². The minimum absolute atomic E-state index is 0.148. The lowest BCUT2D eigenvalue weighted by molar-refractivity contribution is -0.397. The van der Waals surface area contributed by atoms with Crippen LogP contribution in [0.2, 0.25) is 0 Å². The normalized spacial score (nSPS) is 42.7. The average Bonchev–Trinajstić information content (AvgIpc) is 0.770. The number of hydrogen-bond donors (Lipinski definition) is 24. The lowest BCUT2D eigenvalue weighted by atomic mass is 9.95. The standard InChI is InChI=1S/C69H108O47S7/c70-15-23-54-38(85)46(93)62(101-23)110-55-24(16-117-8-1-31(71)72)103-64(48(95)40(55)87)112-57-26(18-119-10-3-33(75)76)105-66(50(97)42(57)89)114-59-28(20-121-12-5-35(79)80)107-68(52(99)44(59)91)116-61-30(22-123-14-7-37(83)84)108-69(53(100)45(61)92)115-60-29(21-122-13-6-36(81)82)106-67(51(98)43(60)90)113-58-27(19-120-11-4-34(77)78)104-65(49(96)41(58)88)111-56-25(17-118-9-2-32(73)74)102-63(109-54)47(94)39(56)86/h23-30,38-70,85-100H,1-22H2,(H,71,72)(H,73,74)(H,75,76)(H,77,78)(H,79,80)(H,81,82)(H,83,84)/t23-,24-,25-,26-,27-,28-,29-,30-,38-,39-,40-,41-,42-,43-,44-,45-,46-,47-,48-,49-,50-,51-,52-,53-,54-,55-,56-,57-,58?,59-,60-,61-,62-,63-,64-,65-,66-,67-,68-,69?/m1/s1. The molecular weight excluding hydrogens is 1810 g/mol. The van der Waals surface area contributed by atoms with Crippen molar-refractivity contribution in [1.82, 2.24) is 0 Å². The molecule has 0 aromatic carbocycles. The SMILES string of the molecule is O=C(O)CCSC[C@H]1O[C@@H]2O[C@H]3[C@H](O)[C@@H](O)[C@@H](O[C@H]4[C@H](O)[C@@H](O)[C@@H](O[C@H]5[C@H](O)[C@@H](O)[C@@H](O[C@H]6[C@H](O)[C@@H](O)[C@@H](O[C@H]7[C@H](O)[C@@H](O)[C@@H](O[C@H]8[C@H](O)[C@@H](O)C(O[C@H]9[C@H](O)[C@@H](O)[C@@H](OC1[C@H](O)[C@H]2O)O[C@@H]9CSCCC(=O)O)O[C@@H]8CSCCC(=O)O)O[C@@H]7CSCCC(=O)O)O[C@@H]6CSCCC(=O)O)O[C@@H]5CSCCC(=O)O)O[C@@H]4CO)O[C@@H]3CSCCC(=O)O. The molecule has 30 fully saturated rings. The van der Waals surface area contributed by atoms with Gasteiger partial charge in [0, 0.05) is 80.5 Å². The number of aliphatic hydroxyl groups excluding tert-OH is 17. The summed E-state index contributed by atoms with van der Waals surface area (Å²) < 4.78 is 99.1. The van der Waals surface area contributed by atoms with Gasteiger partial charge in [0.25, 0.3) is 0 Å². The number of carboxylic acid groups (broad SMARTS) is 7. The summed E-state index contributed by atoms with van der Waals surface area (Å²) in [6.45, 7) is -1.14. The van der Waals surface area contributed by atoms with Gasteiger partial charge >= 0.3 is 41.8 Å². The van der Waals surface area contributed by atoms with E-state index in [-0.39, 0.29) is 80.5 Å². The van der Waals surface area contributed by atoms with Crippen LogP contribution in [0.3, 0.4) is 0 Å². The highest BCUT2D eigenvalue weighted by atomic mass is 32.2. The van der Waals surface area contributed by atoms with Crippen molar-refractivity contribution in [2.45, 2.75) is 291 Å². The van der Waals surface area contributed by atoms with Gasteiger partial charge in [0.15, 0.2) is 50.3 Å². The van der Waals surface area contributed by atoms with Gasteiger partial charge < -0.3 is 198 Å². The predicted molar refractivity (Wildman–Crippen MR) is 419 cm³/mol. The van der Waals surface area contributed by atoms with Crippen LogP contribution in [0.15, 0.2) is 0 Å². The van der Waals surface area contributed by atoms with Gasteiger partial charge in [-0.15, -0.1) is 0 Å². The molecule has 40 atom stereocenters. The molecule has 24 N–H and O–H groups in total. The maximum atomic E-state index is 12.3. The summed E-state index contributed by atoms with van der Waals surface area (Å²) in [5, 5.41) is 271. The third-order valence-electron chi connectivity index (χ3n) is 20.8. The monoisotopic (exact) mass is 1910 g/mol. The highest BCUT2D eigenvalue weighted by Gasteiger charge is 2.61. The lowest BCUT2D eigenvalue weighted by Gasteiger charge is -2.51. The maximum Gasteiger partial charge on any atom is 0.304 e. The molecule has 0 saturated carbocycles. The van der Waals surface area contributed by atoms with Gasteiger partial charge in [-0.1, -0.05) is 0 Å². The third-order valence-corrected chi connectivity index (χ3v) is 28.2. The highest BCUT2D eigenvalue weighted by Crippen LogP contribution is 2.43. The fourth-order valence-electron chi connectivity index (χ4n) is 14.3. The number of aliphatic hydroxyl groups is 17. The fraction of sp³-hybridized carbons (Fsp3) is 0.899. The Morgan fingerprint density at radius 3 is 0.407 bits per heavy atom. The molecule has 30 aliphatic heterocycles. The zero-order chi connectivity index (χ0) is 90.0. The molecule has 0 radical (unpaired) electrons. The van der Waals surface area contributed by atoms with Crippen molar-refractivity contribution in [3.05, 3.63) is 0 Å². The molecule has 30 rings (SSSR count). The summed E-state index contributed by atoms with van der Waals surface area (Å²) in [5.74, 6) is -12.4. The molecule has 16 bridgehead atoms. The molecule has 30 aliphatic rings. The van der Waals surface area contributed by atoms with Crippen molar-refractivity contribution in [2.75, 3.05) is 87.1 Å². The summed E-state index contributed by atoms with van der Waals surface area (Å²) in [6, 6.07) is 0. The lowest BCUT2D eigenvalue weighted by Crippen LogP contribution is -2.69. The van der Waals surface area contributed by atoms with Crippen molar-refractivity contribution < 1.29 is 232 Å². The van der Waals surface area contributed by atoms with E-state index >= 15 is 0 Å². The van der Waals surface area contributed by atoms with Crippen LogP contribution in [0.4, 0.5) is 0 Å². The van der Waals surface area contributed by atoms with Crippen molar-refractivity contribution in [2.24, 2.45) is 0 Å². The Labute approximate surface area is 729 Å². The van der Waals surface area contributed by atoms with Gasteiger partial charge in [0.1, 0.15) is 153 Å². The Kier molecular flexibility index (Phi) is 42.1. The molecular formula is C69H108O47S7. The van der Waals surface area contributed by atoms with Gasteiger partial charge in [-0.3, -0.25) is 33.6 Å². The van der Waals surface area contributed by atoms with Gasteiger partial charge in [-0.05, 0) is 0 Å². The quantitative estimate of drug-likeness (QED) is 0.0259. The van der Waals surface area contributed by atoms with Gasteiger partial charge in [0.05, 0.1) is 94.3 Å². The van der Waals surface area contributed by atoms with Crippen molar-refractivity contribution in [3.8, 4) is 0 Å². The summed E-state index contributed by atoms with van der Waals surface area (Å²) in [5.41, 5.74) is 0. The van der Waals surface area contributed by atoms with Crippen LogP contribution in [-0.2, 0) is 109 Å². The largest absolute Gasteiger partial charge is 0.481 e. The molecule has 0 aromatic heterocycles. The van der Waals surface area contributed by atoms with E-state index in [0.717, 1.165) is 82.3 Å². The fourth-order valence-corrected chi connectivity index (χ4v) is 21.2. The summed E-state index contributed by atoms with van der Waals surface area (Å²) in [7, 11) is 0. The number of ether oxygens (including phenoxy) is 16. The van der Waals surface area contributed by atoms with Gasteiger partial charge in [-0.25, -0.2) is 0 Å². The topological polar surface area (TPSA) is 753 Å². The number of carboxylic acids is 7. The van der Waals surface area contributed by atoms with Crippen LogP contribution in [0.1, 0.15) is 44.9 Å². The van der Waals surface area contributed by atoms with Crippen LogP contribution < -0.4 is 0 Å². The van der Waals surface area contributed by atoms with E-state index in [4.69, 9.17) is 75.8 Å². The molecule has 30 heterocycles. The van der Waals surface area contributed by atoms with Crippen LogP contribution in [0, 0.1) is 0 Å². The van der Waals surface area contributed by atoms with Gasteiger partial charge in [-0.2, -0.15) is 82.3 Å². The van der Waals surface area contributed by atoms with Crippen LogP contribution in [0.25, 0.3) is 0 Å².